The van der Waals surface area contributed by atoms with Gasteiger partial charge in [0.25, 0.3) is 5.91 Å². The molecule has 2 aliphatic carbocycles. The molecule has 148 valence electrons. The molecule has 1 amide bonds. The molecule has 6 rings (SSSR count). The van der Waals surface area contributed by atoms with Gasteiger partial charge in [-0.3, -0.25) is 4.79 Å². The van der Waals surface area contributed by atoms with Crippen LogP contribution in [0.25, 0.3) is 11.0 Å². The zero-order chi connectivity index (χ0) is 19.4. The first-order valence-corrected chi connectivity index (χ1v) is 10.7. The van der Waals surface area contributed by atoms with E-state index in [1.807, 2.05) is 18.3 Å². The van der Waals surface area contributed by atoms with Crippen LogP contribution in [0.3, 0.4) is 0 Å². The summed E-state index contributed by atoms with van der Waals surface area (Å²) in [5, 5.41) is 1.05. The Morgan fingerprint density at radius 1 is 1.03 bits per heavy atom. The lowest BCUT2D eigenvalue weighted by Gasteiger charge is -2.43. The van der Waals surface area contributed by atoms with Gasteiger partial charge in [0.1, 0.15) is 17.8 Å². The smallest absolute Gasteiger partial charge is 0.254 e. The van der Waals surface area contributed by atoms with Gasteiger partial charge in [-0.05, 0) is 67.9 Å². The molecule has 1 saturated carbocycles. The van der Waals surface area contributed by atoms with Gasteiger partial charge in [0, 0.05) is 31.4 Å². The minimum Gasteiger partial charge on any atom is -0.352 e. The van der Waals surface area contributed by atoms with Crippen LogP contribution in [0.1, 0.15) is 47.2 Å². The Morgan fingerprint density at radius 2 is 1.90 bits per heavy atom. The molecule has 6 nitrogen and oxygen atoms in total. The fourth-order valence-corrected chi connectivity index (χ4v) is 5.18. The highest BCUT2D eigenvalue weighted by atomic mass is 16.2. The van der Waals surface area contributed by atoms with Gasteiger partial charge in [-0.25, -0.2) is 9.97 Å². The van der Waals surface area contributed by atoms with Gasteiger partial charge in [-0.15, -0.1) is 0 Å². The lowest BCUT2D eigenvalue weighted by Crippen LogP contribution is -2.57. The Bertz CT molecular complexity index is 1100. The van der Waals surface area contributed by atoms with E-state index in [1.165, 1.54) is 24.0 Å². The van der Waals surface area contributed by atoms with E-state index in [1.54, 1.807) is 6.33 Å². The number of fused-ring (bicyclic) bond motifs is 2. The molecule has 3 heterocycles. The van der Waals surface area contributed by atoms with E-state index in [4.69, 9.17) is 0 Å². The van der Waals surface area contributed by atoms with Gasteiger partial charge in [-0.2, -0.15) is 0 Å². The Balaban J connectivity index is 1.27. The molecule has 2 fully saturated rings. The molecule has 1 aliphatic heterocycles. The van der Waals surface area contributed by atoms with Gasteiger partial charge in [-0.1, -0.05) is 6.07 Å². The number of carbonyl (C=O) groups is 1. The van der Waals surface area contributed by atoms with Crippen LogP contribution in [0.2, 0.25) is 0 Å². The number of aromatic nitrogens is 3. The SMILES string of the molecule is O=C(c1ccc2c(c1)CCCC2)N1CCN(c2ncnc3[nH]ccc23)CC12CC2. The van der Waals surface area contributed by atoms with Crippen LogP contribution in [0.5, 0.6) is 0 Å². The third-order valence-corrected chi connectivity index (χ3v) is 6.95. The number of anilines is 1. The van der Waals surface area contributed by atoms with E-state index in [0.717, 1.165) is 67.7 Å². The number of piperazine rings is 1. The molecule has 6 heteroatoms. The number of carbonyl (C=O) groups excluding carboxylic acids is 1. The van der Waals surface area contributed by atoms with E-state index >= 15 is 0 Å². The number of benzene rings is 1. The number of hydrogen-bond acceptors (Lipinski definition) is 4. The summed E-state index contributed by atoms with van der Waals surface area (Å²) in [5.74, 6) is 1.17. The second-order valence-electron chi connectivity index (χ2n) is 8.73. The molecule has 29 heavy (non-hydrogen) atoms. The highest BCUT2D eigenvalue weighted by Crippen LogP contribution is 2.46. The number of hydrogen-bond donors (Lipinski definition) is 1. The predicted octanol–water partition coefficient (Wildman–Crippen LogP) is 3.33. The van der Waals surface area contributed by atoms with Gasteiger partial charge in [0.15, 0.2) is 0 Å². The van der Waals surface area contributed by atoms with Gasteiger partial charge in [0.05, 0.1) is 10.9 Å². The first-order chi connectivity index (χ1) is 14.2. The summed E-state index contributed by atoms with van der Waals surface area (Å²) in [6.07, 6.45) is 10.4. The number of nitrogens with zero attached hydrogens (tertiary/aromatic N) is 4. The van der Waals surface area contributed by atoms with E-state index in [9.17, 15) is 4.79 Å². The standard InChI is InChI=1S/C23H25N5O/c29-22(18-6-5-16-3-1-2-4-17(16)13-18)28-12-11-27(14-23(28)8-9-23)21-19-7-10-24-20(19)25-15-26-21/h5-7,10,13,15H,1-4,8-9,11-12,14H2,(H,24,25,26). The molecule has 0 atom stereocenters. The van der Waals surface area contributed by atoms with Crippen molar-refractivity contribution in [1.29, 1.82) is 0 Å². The van der Waals surface area contributed by atoms with Crippen molar-refractivity contribution in [2.24, 2.45) is 0 Å². The molecular formula is C23H25N5O. The average Bonchev–Trinajstić information content (AvgIpc) is 3.34. The number of H-pyrrole nitrogens is 1. The molecule has 1 N–H and O–H groups in total. The van der Waals surface area contributed by atoms with Gasteiger partial charge >= 0.3 is 0 Å². The fourth-order valence-electron chi connectivity index (χ4n) is 5.18. The first-order valence-electron chi connectivity index (χ1n) is 10.7. The van der Waals surface area contributed by atoms with Gasteiger partial charge < -0.3 is 14.8 Å². The summed E-state index contributed by atoms with van der Waals surface area (Å²) in [4.78, 5) is 29.9. The predicted molar refractivity (Wildman–Crippen MR) is 112 cm³/mol. The van der Waals surface area contributed by atoms with Crippen LogP contribution >= 0.6 is 0 Å². The van der Waals surface area contributed by atoms with Crippen molar-refractivity contribution in [1.82, 2.24) is 19.9 Å². The summed E-state index contributed by atoms with van der Waals surface area (Å²) in [6, 6.07) is 8.42. The summed E-state index contributed by atoms with van der Waals surface area (Å²) >= 11 is 0. The number of aryl methyl sites for hydroxylation is 2. The van der Waals surface area contributed by atoms with E-state index < -0.39 is 0 Å². The minimum absolute atomic E-state index is 0.0428. The number of nitrogens with one attached hydrogen (secondary N) is 1. The molecule has 0 radical (unpaired) electrons. The first kappa shape index (κ1) is 17.0. The maximum Gasteiger partial charge on any atom is 0.254 e. The summed E-state index contributed by atoms with van der Waals surface area (Å²) in [5.41, 5.74) is 4.49. The second kappa shape index (κ2) is 6.31. The number of rotatable bonds is 2. The Hall–Kier alpha value is -2.89. The minimum atomic E-state index is -0.0428. The monoisotopic (exact) mass is 387 g/mol. The van der Waals surface area contributed by atoms with Crippen molar-refractivity contribution in [2.45, 2.75) is 44.1 Å². The summed E-state index contributed by atoms with van der Waals surface area (Å²) < 4.78 is 0. The third-order valence-electron chi connectivity index (χ3n) is 6.95. The second-order valence-corrected chi connectivity index (χ2v) is 8.73. The van der Waals surface area contributed by atoms with Crippen molar-refractivity contribution in [2.75, 3.05) is 24.5 Å². The molecule has 0 unspecified atom stereocenters. The van der Waals surface area contributed by atoms with E-state index in [2.05, 4.69) is 36.9 Å². The maximum atomic E-state index is 13.4. The van der Waals surface area contributed by atoms with Gasteiger partial charge in [0.2, 0.25) is 0 Å². The fraction of sp³-hybridized carbons (Fsp3) is 0.435. The zero-order valence-electron chi connectivity index (χ0n) is 16.5. The van der Waals surface area contributed by atoms with Crippen LogP contribution in [0.4, 0.5) is 5.82 Å². The summed E-state index contributed by atoms with van der Waals surface area (Å²) in [6.45, 7) is 2.39. The summed E-state index contributed by atoms with van der Waals surface area (Å²) in [7, 11) is 0. The quantitative estimate of drug-likeness (QED) is 0.733. The van der Waals surface area contributed by atoms with Crippen LogP contribution in [0, 0.1) is 0 Å². The topological polar surface area (TPSA) is 65.1 Å². The number of amides is 1. The van der Waals surface area contributed by atoms with Crippen LogP contribution in [-0.2, 0) is 12.8 Å². The molecule has 3 aliphatic rings. The molecule has 0 bridgehead atoms. The maximum absolute atomic E-state index is 13.4. The molecular weight excluding hydrogens is 362 g/mol. The normalized spacial score (nSPS) is 20.1. The molecule has 1 aromatic carbocycles. The van der Waals surface area contributed by atoms with E-state index in [-0.39, 0.29) is 11.4 Å². The van der Waals surface area contributed by atoms with Crippen LogP contribution in [0.15, 0.2) is 36.8 Å². The number of aromatic amines is 1. The third kappa shape index (κ3) is 2.73. The lowest BCUT2D eigenvalue weighted by molar-refractivity contribution is 0.0624. The molecule has 3 aromatic rings. The Kier molecular flexibility index (Phi) is 3.70. The highest BCUT2D eigenvalue weighted by Gasteiger charge is 2.53. The lowest BCUT2D eigenvalue weighted by atomic mass is 9.90. The Morgan fingerprint density at radius 3 is 2.76 bits per heavy atom. The van der Waals surface area contributed by atoms with Crippen LogP contribution < -0.4 is 4.90 Å². The highest BCUT2D eigenvalue weighted by molar-refractivity contribution is 5.96. The van der Waals surface area contributed by atoms with Crippen molar-refractivity contribution in [3.8, 4) is 0 Å². The van der Waals surface area contributed by atoms with E-state index in [0.29, 0.717) is 0 Å². The van der Waals surface area contributed by atoms with Crippen LogP contribution in [-0.4, -0.2) is 50.9 Å². The Labute approximate surface area is 169 Å². The largest absolute Gasteiger partial charge is 0.352 e. The average molecular weight is 387 g/mol. The van der Waals surface area contributed by atoms with Crippen molar-refractivity contribution < 1.29 is 4.79 Å². The van der Waals surface area contributed by atoms with Crippen molar-refractivity contribution in [3.63, 3.8) is 0 Å². The molecule has 1 saturated heterocycles. The van der Waals surface area contributed by atoms with Crippen molar-refractivity contribution in [3.05, 3.63) is 53.5 Å². The zero-order valence-corrected chi connectivity index (χ0v) is 16.5. The van der Waals surface area contributed by atoms with Crippen molar-refractivity contribution >= 4 is 22.8 Å². The molecule has 2 aromatic heterocycles. The molecule has 1 spiro atoms.